The summed E-state index contributed by atoms with van der Waals surface area (Å²) in [5.74, 6) is 6.32. The van der Waals surface area contributed by atoms with E-state index in [1.54, 1.807) is 21.1 Å². The highest BCUT2D eigenvalue weighted by molar-refractivity contribution is 5.69. The summed E-state index contributed by atoms with van der Waals surface area (Å²) in [6, 6.07) is 7.53. The van der Waals surface area contributed by atoms with Crippen molar-refractivity contribution < 1.29 is 24.1 Å². The van der Waals surface area contributed by atoms with Crippen LogP contribution in [-0.4, -0.2) is 38.0 Å². The van der Waals surface area contributed by atoms with Gasteiger partial charge < -0.3 is 19.3 Å². The molecule has 0 radical (unpaired) electrons. The van der Waals surface area contributed by atoms with Gasteiger partial charge in [-0.15, -0.1) is 12.5 Å². The molecule has 1 aliphatic rings. The first kappa shape index (κ1) is 23.3. The van der Waals surface area contributed by atoms with E-state index in [1.165, 1.54) is 0 Å². The van der Waals surface area contributed by atoms with Gasteiger partial charge >= 0.3 is 5.97 Å². The average molecular weight is 411 g/mol. The summed E-state index contributed by atoms with van der Waals surface area (Å²) in [5.41, 5.74) is 2.03. The van der Waals surface area contributed by atoms with Crippen molar-refractivity contribution in [3.05, 3.63) is 66.0 Å². The molecule has 1 fully saturated rings. The molecule has 0 heterocycles. The molecule has 0 bridgehead atoms. The lowest BCUT2D eigenvalue weighted by atomic mass is 9.96. The first-order chi connectivity index (χ1) is 14.5. The molecule has 1 aliphatic carbocycles. The standard InChI is InChI=1S/C25H30O5/c1-5-7-20(16-25(26)27)19-8-11-21(12-9-19)30-24-15-10-18(6-2)23(24)14-13-22(29-4)17-28-3/h6,8-9,11-14,18,20,24H,2,10,15-17H2,1,3-4H3,(H,26,27)/b22-13+,23-14+. The van der Waals surface area contributed by atoms with Crippen molar-refractivity contribution in [2.75, 3.05) is 20.8 Å². The first-order valence-corrected chi connectivity index (χ1v) is 9.99. The zero-order valence-corrected chi connectivity index (χ0v) is 17.9. The second kappa shape index (κ2) is 11.9. The average Bonchev–Trinajstić information content (AvgIpc) is 3.12. The van der Waals surface area contributed by atoms with Gasteiger partial charge in [-0.25, -0.2) is 0 Å². The molecule has 0 aromatic heterocycles. The van der Waals surface area contributed by atoms with Gasteiger partial charge in [0.25, 0.3) is 0 Å². The first-order valence-electron chi connectivity index (χ1n) is 9.99. The Morgan fingerprint density at radius 1 is 1.30 bits per heavy atom. The number of hydrogen-bond donors (Lipinski definition) is 1. The van der Waals surface area contributed by atoms with Crippen LogP contribution in [-0.2, 0) is 14.3 Å². The van der Waals surface area contributed by atoms with E-state index in [9.17, 15) is 4.79 Å². The molecule has 0 aliphatic heterocycles. The maximum Gasteiger partial charge on any atom is 0.304 e. The molecule has 30 heavy (non-hydrogen) atoms. The van der Waals surface area contributed by atoms with Crippen molar-refractivity contribution in [3.8, 4) is 17.6 Å². The number of ether oxygens (including phenoxy) is 3. The van der Waals surface area contributed by atoms with Gasteiger partial charge in [-0.1, -0.05) is 30.2 Å². The van der Waals surface area contributed by atoms with Gasteiger partial charge in [0.2, 0.25) is 0 Å². The van der Waals surface area contributed by atoms with E-state index in [-0.39, 0.29) is 24.4 Å². The lowest BCUT2D eigenvalue weighted by Crippen LogP contribution is -2.15. The van der Waals surface area contributed by atoms with E-state index in [0.717, 1.165) is 35.5 Å². The Morgan fingerprint density at radius 2 is 2.03 bits per heavy atom. The third-order valence-electron chi connectivity index (χ3n) is 5.09. The number of hydrogen-bond acceptors (Lipinski definition) is 4. The van der Waals surface area contributed by atoms with Gasteiger partial charge in [0.1, 0.15) is 24.2 Å². The molecule has 0 amide bonds. The Hall–Kier alpha value is -2.97. The quantitative estimate of drug-likeness (QED) is 0.344. The van der Waals surface area contributed by atoms with Crippen LogP contribution in [0.25, 0.3) is 0 Å². The number of carboxylic acids is 1. The fraction of sp³-hybridized carbons (Fsp3) is 0.400. The van der Waals surface area contributed by atoms with Gasteiger partial charge in [0.15, 0.2) is 0 Å². The van der Waals surface area contributed by atoms with Crippen LogP contribution in [0.1, 0.15) is 37.7 Å². The second-order valence-corrected chi connectivity index (χ2v) is 7.08. The molecule has 160 valence electrons. The molecular weight excluding hydrogens is 380 g/mol. The summed E-state index contributed by atoms with van der Waals surface area (Å²) in [6.07, 6.45) is 7.71. The predicted molar refractivity (Wildman–Crippen MR) is 117 cm³/mol. The minimum atomic E-state index is -0.865. The van der Waals surface area contributed by atoms with Crippen LogP contribution >= 0.6 is 0 Å². The summed E-state index contributed by atoms with van der Waals surface area (Å²) in [6.45, 7) is 6.08. The monoisotopic (exact) mass is 410 g/mol. The highest BCUT2D eigenvalue weighted by Gasteiger charge is 2.29. The fourth-order valence-corrected chi connectivity index (χ4v) is 3.57. The van der Waals surface area contributed by atoms with E-state index >= 15 is 0 Å². The zero-order chi connectivity index (χ0) is 21.9. The van der Waals surface area contributed by atoms with E-state index < -0.39 is 5.97 Å². The van der Waals surface area contributed by atoms with Gasteiger partial charge in [0, 0.05) is 13.0 Å². The van der Waals surface area contributed by atoms with Crippen LogP contribution in [0.2, 0.25) is 0 Å². The topological polar surface area (TPSA) is 65.0 Å². The second-order valence-electron chi connectivity index (χ2n) is 7.08. The molecule has 1 saturated carbocycles. The van der Waals surface area contributed by atoms with Gasteiger partial charge in [-0.2, -0.15) is 0 Å². The van der Waals surface area contributed by atoms with Crippen molar-refractivity contribution in [2.24, 2.45) is 5.92 Å². The minimum absolute atomic E-state index is 0.0206. The van der Waals surface area contributed by atoms with Gasteiger partial charge in [0.05, 0.1) is 19.4 Å². The molecule has 1 N–H and O–H groups in total. The van der Waals surface area contributed by atoms with E-state index in [2.05, 4.69) is 18.4 Å². The summed E-state index contributed by atoms with van der Waals surface area (Å²) < 4.78 is 16.7. The van der Waals surface area contributed by atoms with Crippen LogP contribution in [0, 0.1) is 17.8 Å². The Morgan fingerprint density at radius 3 is 2.60 bits per heavy atom. The third kappa shape index (κ3) is 6.53. The smallest absolute Gasteiger partial charge is 0.304 e. The summed E-state index contributed by atoms with van der Waals surface area (Å²) in [7, 11) is 3.25. The summed E-state index contributed by atoms with van der Waals surface area (Å²) >= 11 is 0. The molecule has 0 spiro atoms. The molecule has 3 atom stereocenters. The van der Waals surface area contributed by atoms with Crippen molar-refractivity contribution in [2.45, 2.75) is 38.2 Å². The number of benzene rings is 1. The Bertz CT molecular complexity index is 839. The molecule has 1 aromatic rings. The van der Waals surface area contributed by atoms with Crippen LogP contribution in [0.5, 0.6) is 5.75 Å². The molecule has 5 nitrogen and oxygen atoms in total. The zero-order valence-electron chi connectivity index (χ0n) is 17.9. The van der Waals surface area contributed by atoms with Crippen molar-refractivity contribution >= 4 is 5.97 Å². The molecule has 0 saturated heterocycles. The van der Waals surface area contributed by atoms with E-state index in [4.69, 9.17) is 19.3 Å². The maximum absolute atomic E-state index is 11.1. The lowest BCUT2D eigenvalue weighted by Gasteiger charge is -2.18. The highest BCUT2D eigenvalue weighted by Crippen LogP contribution is 2.35. The van der Waals surface area contributed by atoms with E-state index in [0.29, 0.717) is 6.61 Å². The Labute approximate surface area is 179 Å². The molecule has 5 heteroatoms. The van der Waals surface area contributed by atoms with Crippen LogP contribution in [0.4, 0.5) is 0 Å². The van der Waals surface area contributed by atoms with Crippen LogP contribution < -0.4 is 4.74 Å². The SMILES string of the molecule is C=CC1CCC(Oc2ccc(C(C#CC)CC(=O)O)cc2)/C1=C/C=C(\COC)OC. The number of methoxy groups -OCH3 is 2. The number of rotatable bonds is 10. The minimum Gasteiger partial charge on any atom is -0.499 e. The van der Waals surface area contributed by atoms with Crippen LogP contribution in [0.3, 0.4) is 0 Å². The number of allylic oxidation sites excluding steroid dienone is 3. The molecule has 3 unspecified atom stereocenters. The number of carboxylic acid groups (broad SMARTS) is 1. The number of aliphatic carboxylic acids is 1. The summed E-state index contributed by atoms with van der Waals surface area (Å²) in [5, 5.41) is 9.11. The molecule has 1 aromatic carbocycles. The van der Waals surface area contributed by atoms with Gasteiger partial charge in [-0.05, 0) is 49.1 Å². The van der Waals surface area contributed by atoms with Crippen LogP contribution in [0.15, 0.2) is 60.4 Å². The third-order valence-corrected chi connectivity index (χ3v) is 5.09. The van der Waals surface area contributed by atoms with Crippen molar-refractivity contribution in [3.63, 3.8) is 0 Å². The summed E-state index contributed by atoms with van der Waals surface area (Å²) in [4.78, 5) is 11.1. The molecule has 2 rings (SSSR count). The van der Waals surface area contributed by atoms with E-state index in [1.807, 2.05) is 42.5 Å². The Balaban J connectivity index is 2.17. The van der Waals surface area contributed by atoms with Crippen molar-refractivity contribution in [1.82, 2.24) is 0 Å². The fourth-order valence-electron chi connectivity index (χ4n) is 3.57. The normalized spacial score (nSPS) is 20.9. The number of carbonyl (C=O) groups is 1. The largest absolute Gasteiger partial charge is 0.499 e. The van der Waals surface area contributed by atoms with Crippen molar-refractivity contribution in [1.29, 1.82) is 0 Å². The highest BCUT2D eigenvalue weighted by atomic mass is 16.5. The molecular formula is C25H30O5. The Kier molecular flexibility index (Phi) is 9.24. The van der Waals surface area contributed by atoms with Gasteiger partial charge in [-0.3, -0.25) is 4.79 Å². The predicted octanol–water partition coefficient (Wildman–Crippen LogP) is 4.71. The maximum atomic E-state index is 11.1. The lowest BCUT2D eigenvalue weighted by molar-refractivity contribution is -0.137.